The zero-order valence-corrected chi connectivity index (χ0v) is 12.5. The molecule has 0 heterocycles. The van der Waals surface area contributed by atoms with E-state index < -0.39 is 0 Å². The fraction of sp³-hybridized carbons (Fsp3) is 0.467. The van der Waals surface area contributed by atoms with E-state index >= 15 is 0 Å². The number of hydrogen-bond acceptors (Lipinski definition) is 2. The van der Waals surface area contributed by atoms with E-state index in [0.29, 0.717) is 24.0 Å². The van der Waals surface area contributed by atoms with Crippen LogP contribution in [0.1, 0.15) is 31.7 Å². The summed E-state index contributed by atoms with van der Waals surface area (Å²) < 4.78 is 0. The monoisotopic (exact) mass is 294 g/mol. The summed E-state index contributed by atoms with van der Waals surface area (Å²) in [6.45, 7) is 3.79. The first-order valence-corrected chi connectivity index (χ1v) is 7.19. The number of aryl methyl sites for hydroxylation is 1. The zero-order chi connectivity index (χ0) is 14.7. The zero-order valence-electron chi connectivity index (χ0n) is 11.8. The van der Waals surface area contributed by atoms with Crippen molar-refractivity contribution >= 4 is 29.1 Å². The SMILES string of the molecule is CC(=O)N(CCC(=O)NC1CC1)c1cc(Cl)ccc1C. The summed E-state index contributed by atoms with van der Waals surface area (Å²) in [5, 5.41) is 3.51. The summed E-state index contributed by atoms with van der Waals surface area (Å²) in [6, 6.07) is 5.77. The minimum Gasteiger partial charge on any atom is -0.353 e. The topological polar surface area (TPSA) is 49.4 Å². The highest BCUT2D eigenvalue weighted by Gasteiger charge is 2.23. The number of nitrogens with one attached hydrogen (secondary N) is 1. The molecule has 4 nitrogen and oxygen atoms in total. The van der Waals surface area contributed by atoms with Crippen molar-refractivity contribution in [2.45, 2.75) is 39.2 Å². The Bertz CT molecular complexity index is 527. The molecule has 0 unspecified atom stereocenters. The van der Waals surface area contributed by atoms with Gasteiger partial charge in [0.2, 0.25) is 11.8 Å². The van der Waals surface area contributed by atoms with Gasteiger partial charge in [-0.05, 0) is 37.5 Å². The second-order valence-electron chi connectivity index (χ2n) is 5.19. The maximum atomic E-state index is 11.8. The van der Waals surface area contributed by atoms with Gasteiger partial charge in [0.05, 0.1) is 0 Å². The molecule has 0 bridgehead atoms. The lowest BCUT2D eigenvalue weighted by molar-refractivity contribution is -0.121. The number of anilines is 1. The molecule has 0 atom stereocenters. The highest BCUT2D eigenvalue weighted by atomic mass is 35.5. The first-order chi connectivity index (χ1) is 9.47. The third-order valence-electron chi connectivity index (χ3n) is 3.35. The third-order valence-corrected chi connectivity index (χ3v) is 3.58. The van der Waals surface area contributed by atoms with E-state index in [1.54, 1.807) is 17.0 Å². The van der Waals surface area contributed by atoms with Crippen LogP contribution in [0.15, 0.2) is 18.2 Å². The molecule has 1 aromatic carbocycles. The van der Waals surface area contributed by atoms with Crippen molar-refractivity contribution in [1.29, 1.82) is 0 Å². The first kappa shape index (κ1) is 14.9. The van der Waals surface area contributed by atoms with Gasteiger partial charge in [-0.3, -0.25) is 9.59 Å². The Morgan fingerprint density at radius 3 is 2.70 bits per heavy atom. The molecular weight excluding hydrogens is 276 g/mol. The molecule has 0 aliphatic heterocycles. The van der Waals surface area contributed by atoms with Crippen molar-refractivity contribution < 1.29 is 9.59 Å². The minimum atomic E-state index is -0.0883. The number of carbonyl (C=O) groups excluding carboxylic acids is 2. The quantitative estimate of drug-likeness (QED) is 0.907. The lowest BCUT2D eigenvalue weighted by Crippen LogP contribution is -2.34. The van der Waals surface area contributed by atoms with E-state index in [1.165, 1.54) is 6.92 Å². The Morgan fingerprint density at radius 1 is 1.40 bits per heavy atom. The number of hydrogen-bond donors (Lipinski definition) is 1. The van der Waals surface area contributed by atoms with E-state index in [-0.39, 0.29) is 11.8 Å². The second-order valence-corrected chi connectivity index (χ2v) is 5.63. The Morgan fingerprint density at radius 2 is 2.10 bits per heavy atom. The number of benzene rings is 1. The van der Waals surface area contributed by atoms with Crippen LogP contribution in [0.4, 0.5) is 5.69 Å². The van der Waals surface area contributed by atoms with Crippen LogP contribution in [0.25, 0.3) is 0 Å². The predicted molar refractivity (Wildman–Crippen MR) is 80.0 cm³/mol. The molecule has 0 radical (unpaired) electrons. The van der Waals surface area contributed by atoms with Crippen LogP contribution in [-0.4, -0.2) is 24.4 Å². The van der Waals surface area contributed by atoms with Gasteiger partial charge in [0.15, 0.2) is 0 Å². The fourth-order valence-electron chi connectivity index (χ4n) is 2.06. The van der Waals surface area contributed by atoms with Crippen LogP contribution < -0.4 is 10.2 Å². The maximum absolute atomic E-state index is 11.8. The molecule has 1 N–H and O–H groups in total. The van der Waals surface area contributed by atoms with Gasteiger partial charge in [0.1, 0.15) is 0 Å². The van der Waals surface area contributed by atoms with Crippen molar-refractivity contribution in [3.8, 4) is 0 Å². The molecule has 1 aromatic rings. The standard InChI is InChI=1S/C15H19ClN2O2/c1-10-3-4-12(16)9-14(10)18(11(2)19)8-7-15(20)17-13-5-6-13/h3-4,9,13H,5-8H2,1-2H3,(H,17,20). The fourth-order valence-corrected chi connectivity index (χ4v) is 2.23. The number of rotatable bonds is 5. The van der Waals surface area contributed by atoms with Gasteiger partial charge in [0, 0.05) is 36.6 Å². The molecule has 0 spiro atoms. The molecule has 1 fully saturated rings. The molecule has 1 aliphatic rings. The molecule has 0 aromatic heterocycles. The predicted octanol–water partition coefficient (Wildman–Crippen LogP) is 2.67. The van der Waals surface area contributed by atoms with E-state index in [2.05, 4.69) is 5.32 Å². The van der Waals surface area contributed by atoms with Crippen LogP contribution in [0.3, 0.4) is 0 Å². The molecule has 108 valence electrons. The highest BCUT2D eigenvalue weighted by molar-refractivity contribution is 6.31. The number of halogens is 1. The molecule has 1 saturated carbocycles. The maximum Gasteiger partial charge on any atom is 0.223 e. The van der Waals surface area contributed by atoms with Gasteiger partial charge in [-0.25, -0.2) is 0 Å². The van der Waals surface area contributed by atoms with E-state index in [9.17, 15) is 9.59 Å². The van der Waals surface area contributed by atoms with Crippen LogP contribution in [-0.2, 0) is 9.59 Å². The van der Waals surface area contributed by atoms with Gasteiger partial charge >= 0.3 is 0 Å². The van der Waals surface area contributed by atoms with Crippen molar-refractivity contribution in [2.75, 3.05) is 11.4 Å². The van der Waals surface area contributed by atoms with E-state index in [4.69, 9.17) is 11.6 Å². The lowest BCUT2D eigenvalue weighted by atomic mass is 10.1. The van der Waals surface area contributed by atoms with Gasteiger partial charge in [-0.2, -0.15) is 0 Å². The summed E-state index contributed by atoms with van der Waals surface area (Å²) in [7, 11) is 0. The van der Waals surface area contributed by atoms with E-state index in [0.717, 1.165) is 24.1 Å². The Labute approximate surface area is 124 Å². The van der Waals surface area contributed by atoms with Crippen LogP contribution in [0.2, 0.25) is 5.02 Å². The van der Waals surface area contributed by atoms with Gasteiger partial charge < -0.3 is 10.2 Å². The molecule has 2 amide bonds. The van der Waals surface area contributed by atoms with E-state index in [1.807, 2.05) is 13.0 Å². The average Bonchev–Trinajstić information content (AvgIpc) is 3.17. The molecule has 5 heteroatoms. The normalized spacial score (nSPS) is 13.9. The van der Waals surface area contributed by atoms with Gasteiger partial charge in [0.25, 0.3) is 0 Å². The summed E-state index contributed by atoms with van der Waals surface area (Å²) in [4.78, 5) is 25.1. The average molecular weight is 295 g/mol. The van der Waals surface area contributed by atoms with Gasteiger partial charge in [-0.15, -0.1) is 0 Å². The first-order valence-electron chi connectivity index (χ1n) is 6.81. The molecule has 2 rings (SSSR count). The summed E-state index contributed by atoms with van der Waals surface area (Å²) in [6.07, 6.45) is 2.44. The highest BCUT2D eigenvalue weighted by Crippen LogP contribution is 2.25. The summed E-state index contributed by atoms with van der Waals surface area (Å²) in [5.74, 6) is -0.0898. The lowest BCUT2D eigenvalue weighted by Gasteiger charge is -2.23. The number of amides is 2. The molecular formula is C15H19ClN2O2. The Balaban J connectivity index is 2.04. The summed E-state index contributed by atoms with van der Waals surface area (Å²) in [5.41, 5.74) is 1.73. The van der Waals surface area contributed by atoms with Crippen molar-refractivity contribution in [3.05, 3.63) is 28.8 Å². The van der Waals surface area contributed by atoms with Crippen molar-refractivity contribution in [3.63, 3.8) is 0 Å². The largest absolute Gasteiger partial charge is 0.353 e. The summed E-state index contributed by atoms with van der Waals surface area (Å²) >= 11 is 5.99. The second kappa shape index (κ2) is 6.27. The van der Waals surface area contributed by atoms with Crippen LogP contribution in [0.5, 0.6) is 0 Å². The third kappa shape index (κ3) is 3.97. The van der Waals surface area contributed by atoms with Crippen LogP contribution in [0, 0.1) is 6.92 Å². The molecule has 0 saturated heterocycles. The van der Waals surface area contributed by atoms with Crippen LogP contribution >= 0.6 is 11.6 Å². The Hall–Kier alpha value is -1.55. The Kier molecular flexibility index (Phi) is 4.65. The minimum absolute atomic E-state index is 0.00145. The number of carbonyl (C=O) groups is 2. The molecule has 1 aliphatic carbocycles. The molecule has 20 heavy (non-hydrogen) atoms. The van der Waals surface area contributed by atoms with Crippen molar-refractivity contribution in [2.24, 2.45) is 0 Å². The number of nitrogens with zero attached hydrogens (tertiary/aromatic N) is 1. The smallest absolute Gasteiger partial charge is 0.223 e. The van der Waals surface area contributed by atoms with Crippen molar-refractivity contribution in [1.82, 2.24) is 5.32 Å². The van der Waals surface area contributed by atoms with Gasteiger partial charge in [-0.1, -0.05) is 17.7 Å².